The van der Waals surface area contributed by atoms with Crippen LogP contribution in [0.25, 0.3) is 0 Å². The molecular weight excluding hydrogens is 204 g/mol. The van der Waals surface area contributed by atoms with E-state index in [1.807, 2.05) is 0 Å². The molecule has 5 heteroatoms. The van der Waals surface area contributed by atoms with Gasteiger partial charge < -0.3 is 5.11 Å². The number of nitrogens with zero attached hydrogens (tertiary/aromatic N) is 1. The van der Waals surface area contributed by atoms with Crippen molar-refractivity contribution >= 4 is 6.08 Å². The lowest BCUT2D eigenvalue weighted by Gasteiger charge is -2.11. The van der Waals surface area contributed by atoms with Crippen LogP contribution < -0.4 is 0 Å². The molecule has 0 spiro atoms. The predicted octanol–water partition coefficient (Wildman–Crippen LogP) is 2.00. The van der Waals surface area contributed by atoms with Gasteiger partial charge in [-0.3, -0.25) is 0 Å². The molecule has 0 radical (unpaired) electrons. The van der Waals surface area contributed by atoms with E-state index >= 15 is 0 Å². The smallest absolute Gasteiger partial charge is 0.235 e. The molecule has 0 bridgehead atoms. The zero-order chi connectivity index (χ0) is 11.1. The van der Waals surface area contributed by atoms with Crippen LogP contribution in [0.4, 0.5) is 8.78 Å². The molecule has 1 N–H and O–H groups in total. The molecule has 0 amide bonds. The van der Waals surface area contributed by atoms with E-state index in [0.717, 1.165) is 12.1 Å². The van der Waals surface area contributed by atoms with E-state index in [4.69, 9.17) is 0 Å². The summed E-state index contributed by atoms with van der Waals surface area (Å²) in [4.78, 5) is 13.6. The minimum absolute atomic E-state index is 0.245. The maximum Gasteiger partial charge on any atom is 0.235 e. The molecule has 1 aliphatic carbocycles. The maximum atomic E-state index is 13.4. The largest absolute Gasteiger partial charge is 0.507 e. The number of hydrogen-bond acceptors (Lipinski definition) is 3. The van der Waals surface area contributed by atoms with Gasteiger partial charge in [-0.05, 0) is 25.0 Å². The Balaban J connectivity index is 2.62. The van der Waals surface area contributed by atoms with Gasteiger partial charge in [0.2, 0.25) is 6.08 Å². The molecule has 1 saturated carbocycles. The second-order valence-corrected chi connectivity index (χ2v) is 3.49. The van der Waals surface area contributed by atoms with Crippen LogP contribution in [0, 0.1) is 11.6 Å². The summed E-state index contributed by atoms with van der Waals surface area (Å²) in [5.41, 5.74) is -1.34. The van der Waals surface area contributed by atoms with Crippen molar-refractivity contribution in [2.75, 3.05) is 0 Å². The van der Waals surface area contributed by atoms with E-state index < -0.39 is 17.2 Å². The number of carbonyl (C=O) groups excluding carboxylic acids is 1. The average Bonchev–Trinajstić information content (AvgIpc) is 2.94. The molecule has 1 aromatic carbocycles. The Kier molecular flexibility index (Phi) is 2.05. The van der Waals surface area contributed by atoms with Gasteiger partial charge in [0.15, 0.2) is 11.6 Å². The van der Waals surface area contributed by atoms with Crippen molar-refractivity contribution in [3.05, 3.63) is 29.3 Å². The lowest BCUT2D eigenvalue weighted by atomic mass is 10.0. The Bertz CT molecular complexity index is 463. The molecular formula is C10H7F2NO2. The number of aromatic hydroxyl groups is 1. The Morgan fingerprint density at radius 2 is 2.07 bits per heavy atom. The third-order valence-electron chi connectivity index (χ3n) is 2.52. The molecule has 0 aromatic heterocycles. The molecule has 0 saturated heterocycles. The number of benzene rings is 1. The van der Waals surface area contributed by atoms with Crippen molar-refractivity contribution in [3.8, 4) is 5.75 Å². The van der Waals surface area contributed by atoms with Crippen molar-refractivity contribution in [1.29, 1.82) is 0 Å². The lowest BCUT2D eigenvalue weighted by molar-refractivity contribution is 0.427. The SMILES string of the molecule is O=C=NC1(c2c(O)ccc(F)c2F)CC1. The van der Waals surface area contributed by atoms with Gasteiger partial charge in [-0.25, -0.2) is 13.6 Å². The normalized spacial score (nSPS) is 16.9. The van der Waals surface area contributed by atoms with Gasteiger partial charge in [0.05, 0.1) is 5.56 Å². The molecule has 1 aromatic rings. The topological polar surface area (TPSA) is 49.7 Å². The van der Waals surface area contributed by atoms with Gasteiger partial charge in [-0.2, -0.15) is 4.99 Å². The fourth-order valence-corrected chi connectivity index (χ4v) is 1.61. The second-order valence-electron chi connectivity index (χ2n) is 3.49. The number of halogens is 2. The summed E-state index contributed by atoms with van der Waals surface area (Å²) >= 11 is 0. The van der Waals surface area contributed by atoms with E-state index in [2.05, 4.69) is 4.99 Å². The highest BCUT2D eigenvalue weighted by atomic mass is 19.2. The van der Waals surface area contributed by atoms with Gasteiger partial charge in [0, 0.05) is 0 Å². The number of rotatable bonds is 2. The maximum absolute atomic E-state index is 13.4. The van der Waals surface area contributed by atoms with Crippen molar-refractivity contribution in [3.63, 3.8) is 0 Å². The standard InChI is InChI=1S/C10H7F2NO2/c11-6-1-2-7(15)8(9(6)12)10(3-4-10)13-5-14/h1-2,15H,3-4H2. The van der Waals surface area contributed by atoms with E-state index in [1.165, 1.54) is 6.08 Å². The molecule has 3 nitrogen and oxygen atoms in total. The van der Waals surface area contributed by atoms with Crippen LogP contribution in [0.1, 0.15) is 18.4 Å². The first-order valence-electron chi connectivity index (χ1n) is 4.37. The third kappa shape index (κ3) is 1.41. The Labute approximate surface area is 84.1 Å². The number of aliphatic imine (C=N–C) groups is 1. The zero-order valence-electron chi connectivity index (χ0n) is 7.63. The van der Waals surface area contributed by atoms with Crippen LogP contribution in [0.3, 0.4) is 0 Å². The van der Waals surface area contributed by atoms with Crippen LogP contribution in [-0.2, 0) is 10.3 Å². The number of phenolic OH excluding ortho intramolecular Hbond substituents is 1. The minimum Gasteiger partial charge on any atom is -0.507 e. The summed E-state index contributed by atoms with van der Waals surface area (Å²) in [5.74, 6) is -2.59. The minimum atomic E-state index is -1.15. The van der Waals surface area contributed by atoms with Gasteiger partial charge in [0.1, 0.15) is 11.3 Å². The van der Waals surface area contributed by atoms with E-state index in [0.29, 0.717) is 12.8 Å². The summed E-state index contributed by atoms with van der Waals surface area (Å²) in [6.07, 6.45) is 2.14. The Morgan fingerprint density at radius 1 is 1.40 bits per heavy atom. The highest BCUT2D eigenvalue weighted by Crippen LogP contribution is 2.53. The fraction of sp³-hybridized carbons (Fsp3) is 0.300. The summed E-state index contributed by atoms with van der Waals surface area (Å²) in [6.45, 7) is 0. The quantitative estimate of drug-likeness (QED) is 0.600. The summed E-state index contributed by atoms with van der Waals surface area (Å²) in [6, 6.07) is 1.88. The predicted molar refractivity (Wildman–Crippen MR) is 47.1 cm³/mol. The number of hydrogen-bond donors (Lipinski definition) is 1. The van der Waals surface area contributed by atoms with Crippen LogP contribution in [0.5, 0.6) is 5.75 Å². The van der Waals surface area contributed by atoms with Gasteiger partial charge in [-0.15, -0.1) is 0 Å². The monoisotopic (exact) mass is 211 g/mol. The van der Waals surface area contributed by atoms with E-state index in [9.17, 15) is 18.7 Å². The molecule has 0 atom stereocenters. The average molecular weight is 211 g/mol. The highest BCUT2D eigenvalue weighted by molar-refractivity contribution is 5.47. The molecule has 1 fully saturated rings. The Hall–Kier alpha value is -1.74. The van der Waals surface area contributed by atoms with Crippen molar-refractivity contribution in [2.45, 2.75) is 18.4 Å². The lowest BCUT2D eigenvalue weighted by Crippen LogP contribution is -2.07. The molecule has 0 aliphatic heterocycles. The van der Waals surface area contributed by atoms with Crippen molar-refractivity contribution in [2.24, 2.45) is 4.99 Å². The molecule has 15 heavy (non-hydrogen) atoms. The van der Waals surface area contributed by atoms with Crippen molar-refractivity contribution < 1.29 is 18.7 Å². The highest BCUT2D eigenvalue weighted by Gasteiger charge is 2.49. The fourth-order valence-electron chi connectivity index (χ4n) is 1.61. The first kappa shape index (κ1) is 9.80. The zero-order valence-corrected chi connectivity index (χ0v) is 7.63. The number of phenols is 1. The molecule has 0 heterocycles. The van der Waals surface area contributed by atoms with E-state index in [-0.39, 0.29) is 11.3 Å². The molecule has 2 rings (SSSR count). The first-order valence-corrected chi connectivity index (χ1v) is 4.37. The number of isocyanates is 1. The second kappa shape index (κ2) is 3.14. The molecule has 78 valence electrons. The first-order chi connectivity index (χ1) is 7.10. The summed E-state index contributed by atoms with van der Waals surface area (Å²) in [5, 5.41) is 9.42. The Morgan fingerprint density at radius 3 is 2.60 bits per heavy atom. The third-order valence-corrected chi connectivity index (χ3v) is 2.52. The molecule has 1 aliphatic rings. The van der Waals surface area contributed by atoms with Crippen LogP contribution >= 0.6 is 0 Å². The van der Waals surface area contributed by atoms with Gasteiger partial charge >= 0.3 is 0 Å². The summed E-state index contributed by atoms with van der Waals surface area (Å²) in [7, 11) is 0. The molecule has 0 unspecified atom stereocenters. The van der Waals surface area contributed by atoms with E-state index in [1.54, 1.807) is 0 Å². The van der Waals surface area contributed by atoms with Crippen LogP contribution in [0.2, 0.25) is 0 Å². The van der Waals surface area contributed by atoms with Crippen LogP contribution in [0.15, 0.2) is 17.1 Å². The van der Waals surface area contributed by atoms with Crippen LogP contribution in [-0.4, -0.2) is 11.2 Å². The van der Waals surface area contributed by atoms with Crippen molar-refractivity contribution in [1.82, 2.24) is 0 Å². The van der Waals surface area contributed by atoms with Gasteiger partial charge in [-0.1, -0.05) is 0 Å². The summed E-state index contributed by atoms with van der Waals surface area (Å²) < 4.78 is 26.3. The van der Waals surface area contributed by atoms with Gasteiger partial charge in [0.25, 0.3) is 0 Å².